The second kappa shape index (κ2) is 6.33. The number of rotatable bonds is 4. The number of sulfonamides is 1. The van der Waals surface area contributed by atoms with Gasteiger partial charge in [0.15, 0.2) is 0 Å². The Hall–Kier alpha value is -2.36. The summed E-state index contributed by atoms with van der Waals surface area (Å²) in [5.74, 6) is 0.357. The molecule has 2 bridgehead atoms. The molecule has 5 atom stereocenters. The van der Waals surface area contributed by atoms with Crippen molar-refractivity contribution >= 4 is 21.6 Å². The summed E-state index contributed by atoms with van der Waals surface area (Å²) in [5.41, 5.74) is 0.510. The number of aromatic nitrogens is 2. The van der Waals surface area contributed by atoms with Gasteiger partial charge in [0.2, 0.25) is 10.0 Å². The second-order valence-electron chi connectivity index (χ2n) is 7.78. The quantitative estimate of drug-likeness (QED) is 0.795. The van der Waals surface area contributed by atoms with Crippen molar-refractivity contribution < 1.29 is 18.3 Å². The fraction of sp³-hybridized carbons (Fsp3) is 0.421. The van der Waals surface area contributed by atoms with Gasteiger partial charge < -0.3 is 10.4 Å². The number of fused-ring (bicyclic) bond motifs is 1. The summed E-state index contributed by atoms with van der Waals surface area (Å²) >= 11 is 0. The van der Waals surface area contributed by atoms with Crippen LogP contribution >= 0.6 is 0 Å². The third-order valence-corrected chi connectivity index (χ3v) is 8.16. The van der Waals surface area contributed by atoms with Crippen LogP contribution in [-0.4, -0.2) is 52.4 Å². The molecule has 2 saturated carbocycles. The number of carbonyl (C=O) groups excluding carboxylic acids is 1. The summed E-state index contributed by atoms with van der Waals surface area (Å²) in [6.07, 6.45) is 5.46. The van der Waals surface area contributed by atoms with E-state index in [1.54, 1.807) is 12.1 Å². The van der Waals surface area contributed by atoms with E-state index in [1.165, 1.54) is 35.0 Å². The van der Waals surface area contributed by atoms with Crippen LogP contribution in [0, 0.1) is 17.8 Å². The van der Waals surface area contributed by atoms with Gasteiger partial charge in [-0.25, -0.2) is 13.4 Å². The molecule has 0 radical (unpaired) electrons. The van der Waals surface area contributed by atoms with Crippen LogP contribution in [0.15, 0.2) is 47.8 Å². The van der Waals surface area contributed by atoms with Crippen molar-refractivity contribution in [3.8, 4) is 0 Å². The van der Waals surface area contributed by atoms with E-state index in [0.29, 0.717) is 18.2 Å². The van der Waals surface area contributed by atoms with E-state index in [1.807, 2.05) is 0 Å². The molecule has 1 aromatic heterocycles. The minimum Gasteiger partial charge on any atom is -0.391 e. The lowest BCUT2D eigenvalue weighted by Crippen LogP contribution is -2.43. The highest BCUT2D eigenvalue weighted by Gasteiger charge is 2.61. The highest BCUT2D eigenvalue weighted by molar-refractivity contribution is 7.89. The van der Waals surface area contributed by atoms with Gasteiger partial charge >= 0.3 is 0 Å². The standard InChI is InChI=1S/C19H20N4O4S/c24-18-11-6-12-10-23(17(18)15(12)7-11)28(26,27)14-3-1-2-13(8-14)22-19(25)16-9-20-4-5-21-16/h1-5,8-9,11-12,15,17-18,24H,6-7,10H2,(H,22,25)/t11-,12-,15+,17+,18-/m0/s1. The zero-order chi connectivity index (χ0) is 19.5. The molecule has 1 aliphatic heterocycles. The van der Waals surface area contributed by atoms with E-state index >= 15 is 0 Å². The Balaban J connectivity index is 1.41. The summed E-state index contributed by atoms with van der Waals surface area (Å²) in [4.78, 5) is 20.2. The van der Waals surface area contributed by atoms with Crippen molar-refractivity contribution in [2.45, 2.75) is 29.9 Å². The molecule has 8 nitrogen and oxygen atoms in total. The highest BCUT2D eigenvalue weighted by Crippen LogP contribution is 2.56. The lowest BCUT2D eigenvalue weighted by Gasteiger charge is -2.28. The number of hydrogen-bond donors (Lipinski definition) is 2. The average Bonchev–Trinajstić information content (AvgIpc) is 3.32. The molecule has 3 aliphatic rings. The summed E-state index contributed by atoms with van der Waals surface area (Å²) in [7, 11) is -3.76. The van der Waals surface area contributed by atoms with Gasteiger partial charge in [0.1, 0.15) is 5.69 Å². The first-order valence-corrected chi connectivity index (χ1v) is 10.8. The Morgan fingerprint density at radius 3 is 2.82 bits per heavy atom. The van der Waals surface area contributed by atoms with Crippen molar-refractivity contribution in [1.82, 2.24) is 14.3 Å². The average molecular weight is 400 g/mol. The molecule has 0 unspecified atom stereocenters. The molecular weight excluding hydrogens is 380 g/mol. The van der Waals surface area contributed by atoms with E-state index < -0.39 is 22.0 Å². The zero-order valence-electron chi connectivity index (χ0n) is 15.0. The van der Waals surface area contributed by atoms with Crippen molar-refractivity contribution in [3.05, 3.63) is 48.5 Å². The van der Waals surface area contributed by atoms with Gasteiger partial charge in [0.25, 0.3) is 5.91 Å². The second-order valence-corrected chi connectivity index (χ2v) is 9.67. The van der Waals surface area contributed by atoms with Crippen molar-refractivity contribution in [1.29, 1.82) is 0 Å². The van der Waals surface area contributed by atoms with Crippen LogP contribution in [0.3, 0.4) is 0 Å². The van der Waals surface area contributed by atoms with E-state index in [4.69, 9.17) is 0 Å². The highest BCUT2D eigenvalue weighted by atomic mass is 32.2. The van der Waals surface area contributed by atoms with Crippen LogP contribution in [0.2, 0.25) is 0 Å². The number of aliphatic hydroxyl groups is 1. The third kappa shape index (κ3) is 2.65. The molecule has 1 saturated heterocycles. The number of aliphatic hydroxyl groups excluding tert-OH is 1. The molecular formula is C19H20N4O4S. The van der Waals surface area contributed by atoms with Crippen LogP contribution < -0.4 is 5.32 Å². The first kappa shape index (κ1) is 17.7. The van der Waals surface area contributed by atoms with Crippen LogP contribution in [0.1, 0.15) is 23.3 Å². The van der Waals surface area contributed by atoms with Gasteiger partial charge in [-0.05, 0) is 48.8 Å². The summed E-state index contributed by atoms with van der Waals surface area (Å²) in [6, 6.07) is 5.86. The molecule has 9 heteroatoms. The predicted molar refractivity (Wildman–Crippen MR) is 99.8 cm³/mol. The summed E-state index contributed by atoms with van der Waals surface area (Å²) in [5, 5.41) is 13.2. The molecule has 146 valence electrons. The van der Waals surface area contributed by atoms with Crippen molar-refractivity contribution in [3.63, 3.8) is 0 Å². The Labute approximate surface area is 162 Å². The van der Waals surface area contributed by atoms with E-state index in [2.05, 4.69) is 15.3 Å². The fourth-order valence-electron chi connectivity index (χ4n) is 5.12. The number of anilines is 1. The maximum Gasteiger partial charge on any atom is 0.275 e. The zero-order valence-corrected chi connectivity index (χ0v) is 15.8. The molecule has 1 amide bonds. The molecule has 2 N–H and O–H groups in total. The van der Waals surface area contributed by atoms with E-state index in [0.717, 1.165) is 12.8 Å². The van der Waals surface area contributed by atoms with Crippen LogP contribution in [0.4, 0.5) is 5.69 Å². The number of hydrogen-bond acceptors (Lipinski definition) is 6. The number of nitrogens with one attached hydrogen (secondary N) is 1. The smallest absolute Gasteiger partial charge is 0.275 e. The molecule has 2 aliphatic carbocycles. The Morgan fingerprint density at radius 2 is 2.07 bits per heavy atom. The lowest BCUT2D eigenvalue weighted by atomic mass is 9.88. The number of amides is 1. The summed E-state index contributed by atoms with van der Waals surface area (Å²) in [6.45, 7) is 0.460. The van der Waals surface area contributed by atoms with Gasteiger partial charge in [0, 0.05) is 24.6 Å². The third-order valence-electron chi connectivity index (χ3n) is 6.30. The Kier molecular flexibility index (Phi) is 4.01. The molecule has 0 spiro atoms. The predicted octanol–water partition coefficient (Wildman–Crippen LogP) is 1.12. The van der Waals surface area contributed by atoms with Crippen LogP contribution in [-0.2, 0) is 10.0 Å². The minimum atomic E-state index is -3.76. The molecule has 3 fully saturated rings. The first-order chi connectivity index (χ1) is 13.4. The maximum absolute atomic E-state index is 13.3. The summed E-state index contributed by atoms with van der Waals surface area (Å²) < 4.78 is 28.0. The fourth-order valence-corrected chi connectivity index (χ4v) is 6.90. The lowest BCUT2D eigenvalue weighted by molar-refractivity contribution is 0.0731. The van der Waals surface area contributed by atoms with Crippen molar-refractivity contribution in [2.75, 3.05) is 11.9 Å². The number of benzene rings is 1. The topological polar surface area (TPSA) is 112 Å². The van der Waals surface area contributed by atoms with E-state index in [9.17, 15) is 18.3 Å². The molecule has 2 heterocycles. The molecule has 2 aromatic rings. The normalized spacial score (nSPS) is 31.2. The maximum atomic E-state index is 13.3. The van der Waals surface area contributed by atoms with Crippen molar-refractivity contribution in [2.24, 2.45) is 17.8 Å². The minimum absolute atomic E-state index is 0.112. The Morgan fingerprint density at radius 1 is 1.21 bits per heavy atom. The van der Waals surface area contributed by atoms with Gasteiger partial charge in [-0.1, -0.05) is 6.07 Å². The number of carbonyl (C=O) groups is 1. The van der Waals surface area contributed by atoms with Gasteiger partial charge in [-0.15, -0.1) is 0 Å². The SMILES string of the molecule is O=C(Nc1cccc(S(=O)(=O)N2C[C@@H]3C[C@H]4C[C@H]3[C@@H]2[C@H]4O)c1)c1cnccn1. The molecule has 1 aromatic carbocycles. The van der Waals surface area contributed by atoms with Gasteiger partial charge in [-0.3, -0.25) is 9.78 Å². The number of nitrogens with zero attached hydrogens (tertiary/aromatic N) is 3. The Bertz CT molecular complexity index is 1030. The monoisotopic (exact) mass is 400 g/mol. The van der Waals surface area contributed by atoms with Crippen LogP contribution in [0.5, 0.6) is 0 Å². The van der Waals surface area contributed by atoms with Crippen LogP contribution in [0.25, 0.3) is 0 Å². The van der Waals surface area contributed by atoms with Gasteiger partial charge in [0.05, 0.1) is 23.2 Å². The van der Waals surface area contributed by atoms with E-state index in [-0.39, 0.29) is 28.5 Å². The first-order valence-electron chi connectivity index (χ1n) is 9.32. The van der Waals surface area contributed by atoms with Gasteiger partial charge in [-0.2, -0.15) is 4.31 Å². The molecule has 28 heavy (non-hydrogen) atoms. The largest absolute Gasteiger partial charge is 0.391 e. The molecule has 5 rings (SSSR count).